The smallest absolute Gasteiger partial charge is 0.227 e. The standard InChI is InChI=1S/C29H33N3O7/c1-18-14-24(34)28(37)29(39-18)21(19-8-9-23(33)25(15-19)38-2)16-26(35)31-12-10-27(36)32-13-4-3-7-22(32)20-6-5-11-30-17-20/h5-6,8-9,11,14-15,17,21-22,33,37H,3-4,7,10,12-13,16H2,1-2H3,(H,31,35)/t21-,22+/m0/s1. The molecule has 10 nitrogen and oxygen atoms in total. The maximum absolute atomic E-state index is 13.1. The minimum absolute atomic E-state index is 0.0308. The van der Waals surface area contributed by atoms with Crippen molar-refractivity contribution in [2.24, 2.45) is 0 Å². The average Bonchev–Trinajstić information content (AvgIpc) is 2.94. The van der Waals surface area contributed by atoms with Crippen molar-refractivity contribution in [2.75, 3.05) is 20.2 Å². The van der Waals surface area contributed by atoms with E-state index in [9.17, 15) is 24.6 Å². The number of phenolic OH excluding ortho intramolecular Hbond substituents is 1. The number of piperidine rings is 1. The second-order valence-electron chi connectivity index (χ2n) is 9.61. The second-order valence-corrected chi connectivity index (χ2v) is 9.61. The maximum atomic E-state index is 13.1. The molecule has 1 fully saturated rings. The Hall–Kier alpha value is -4.34. The number of nitrogens with zero attached hydrogens (tertiary/aromatic N) is 2. The Morgan fingerprint density at radius 2 is 2.05 bits per heavy atom. The molecule has 3 N–H and O–H groups in total. The summed E-state index contributed by atoms with van der Waals surface area (Å²) in [6.07, 6.45) is 6.28. The summed E-state index contributed by atoms with van der Waals surface area (Å²) in [6.45, 7) is 2.36. The molecule has 0 bridgehead atoms. The third-order valence-electron chi connectivity index (χ3n) is 6.94. The number of ether oxygens (including phenoxy) is 1. The van der Waals surface area contributed by atoms with Gasteiger partial charge in [0.2, 0.25) is 23.0 Å². The molecule has 2 aromatic heterocycles. The van der Waals surface area contributed by atoms with Gasteiger partial charge in [-0.1, -0.05) is 12.1 Å². The van der Waals surface area contributed by atoms with Gasteiger partial charge >= 0.3 is 0 Å². The van der Waals surface area contributed by atoms with E-state index in [4.69, 9.17) is 9.15 Å². The van der Waals surface area contributed by atoms with Crippen LogP contribution in [0.3, 0.4) is 0 Å². The topological polar surface area (TPSA) is 142 Å². The summed E-state index contributed by atoms with van der Waals surface area (Å²) in [5.74, 6) is -1.60. The van der Waals surface area contributed by atoms with Crippen LogP contribution in [0, 0.1) is 6.92 Å². The highest BCUT2D eigenvalue weighted by molar-refractivity contribution is 5.80. The van der Waals surface area contributed by atoms with Crippen LogP contribution in [0.1, 0.15) is 66.7 Å². The molecule has 39 heavy (non-hydrogen) atoms. The van der Waals surface area contributed by atoms with Crippen molar-refractivity contribution in [1.29, 1.82) is 0 Å². The van der Waals surface area contributed by atoms with Crippen LogP contribution in [0.15, 0.2) is 58.0 Å². The lowest BCUT2D eigenvalue weighted by Gasteiger charge is -2.36. The first kappa shape index (κ1) is 27.7. The first-order chi connectivity index (χ1) is 18.8. The molecule has 4 rings (SSSR count). The van der Waals surface area contributed by atoms with E-state index in [1.54, 1.807) is 25.4 Å². The number of nitrogens with one attached hydrogen (secondary N) is 1. The van der Waals surface area contributed by atoms with Crippen LogP contribution < -0.4 is 15.5 Å². The number of phenols is 1. The Labute approximate surface area is 226 Å². The minimum atomic E-state index is -0.847. The lowest BCUT2D eigenvalue weighted by atomic mass is 9.91. The first-order valence-electron chi connectivity index (χ1n) is 12.9. The molecular weight excluding hydrogens is 502 g/mol. The monoisotopic (exact) mass is 535 g/mol. The predicted molar refractivity (Wildman–Crippen MR) is 143 cm³/mol. The molecule has 1 aliphatic rings. The summed E-state index contributed by atoms with van der Waals surface area (Å²) in [4.78, 5) is 44.4. The third kappa shape index (κ3) is 6.57. The number of benzene rings is 1. The molecule has 3 heterocycles. The number of aryl methyl sites for hydroxylation is 1. The Balaban J connectivity index is 1.46. The van der Waals surface area contributed by atoms with Crippen LogP contribution in [-0.2, 0) is 9.59 Å². The zero-order valence-corrected chi connectivity index (χ0v) is 22.1. The number of aromatic hydroxyl groups is 2. The number of carbonyl (C=O) groups excluding carboxylic acids is 2. The van der Waals surface area contributed by atoms with Gasteiger partial charge in [0, 0.05) is 44.4 Å². The SMILES string of the molecule is COc1cc([C@H](CC(=O)NCCC(=O)N2CCCC[C@@H]2c2cccnc2)c2oc(C)cc(=O)c2O)ccc1O. The molecule has 0 aliphatic carbocycles. The number of likely N-dealkylation sites (tertiary alicyclic amines) is 1. The van der Waals surface area contributed by atoms with Crippen molar-refractivity contribution < 1.29 is 29.0 Å². The van der Waals surface area contributed by atoms with Gasteiger partial charge in [-0.15, -0.1) is 0 Å². The van der Waals surface area contributed by atoms with Crippen LogP contribution in [0.5, 0.6) is 17.2 Å². The van der Waals surface area contributed by atoms with E-state index in [1.165, 1.54) is 25.3 Å². The second kappa shape index (κ2) is 12.5. The van der Waals surface area contributed by atoms with E-state index in [1.807, 2.05) is 17.0 Å². The number of amides is 2. The zero-order chi connectivity index (χ0) is 27.9. The molecule has 1 aromatic carbocycles. The van der Waals surface area contributed by atoms with Crippen molar-refractivity contribution in [3.63, 3.8) is 0 Å². The molecule has 0 saturated carbocycles. The molecule has 10 heteroatoms. The number of methoxy groups -OCH3 is 1. The van der Waals surface area contributed by atoms with E-state index in [2.05, 4.69) is 10.3 Å². The molecule has 1 saturated heterocycles. The molecule has 0 radical (unpaired) electrons. The molecule has 0 spiro atoms. The van der Waals surface area contributed by atoms with E-state index in [-0.39, 0.29) is 54.4 Å². The highest BCUT2D eigenvalue weighted by Gasteiger charge is 2.29. The molecule has 2 atom stereocenters. The van der Waals surface area contributed by atoms with Gasteiger partial charge in [0.05, 0.1) is 19.1 Å². The number of carbonyl (C=O) groups is 2. The van der Waals surface area contributed by atoms with Gasteiger partial charge in [0.15, 0.2) is 17.3 Å². The quantitative estimate of drug-likeness (QED) is 0.378. The summed E-state index contributed by atoms with van der Waals surface area (Å²) >= 11 is 0. The maximum Gasteiger partial charge on any atom is 0.227 e. The van der Waals surface area contributed by atoms with Crippen LogP contribution in [0.2, 0.25) is 0 Å². The summed E-state index contributed by atoms with van der Waals surface area (Å²) in [6, 6.07) is 9.46. The van der Waals surface area contributed by atoms with Gasteiger partial charge in [-0.3, -0.25) is 19.4 Å². The van der Waals surface area contributed by atoms with Gasteiger partial charge < -0.3 is 29.6 Å². The van der Waals surface area contributed by atoms with E-state index in [0.29, 0.717) is 12.1 Å². The lowest BCUT2D eigenvalue weighted by Crippen LogP contribution is -2.40. The number of hydrogen-bond acceptors (Lipinski definition) is 8. The molecule has 3 aromatic rings. The molecular formula is C29H33N3O7. The number of aromatic nitrogens is 1. The van der Waals surface area contributed by atoms with Gasteiger partial charge in [0.1, 0.15) is 5.76 Å². The fraction of sp³-hybridized carbons (Fsp3) is 0.379. The van der Waals surface area contributed by atoms with Crippen LogP contribution in [0.25, 0.3) is 0 Å². The van der Waals surface area contributed by atoms with Gasteiger partial charge in [-0.25, -0.2) is 0 Å². The predicted octanol–water partition coefficient (Wildman–Crippen LogP) is 3.55. The van der Waals surface area contributed by atoms with E-state index in [0.717, 1.165) is 24.8 Å². The highest BCUT2D eigenvalue weighted by Crippen LogP contribution is 2.37. The first-order valence-corrected chi connectivity index (χ1v) is 12.9. The average molecular weight is 536 g/mol. The minimum Gasteiger partial charge on any atom is -0.504 e. The van der Waals surface area contributed by atoms with Crippen LogP contribution in [-0.4, -0.2) is 52.1 Å². The van der Waals surface area contributed by atoms with Crippen molar-refractivity contribution >= 4 is 11.8 Å². The molecule has 206 valence electrons. The zero-order valence-electron chi connectivity index (χ0n) is 22.1. The largest absolute Gasteiger partial charge is 0.504 e. The van der Waals surface area contributed by atoms with Gasteiger partial charge in [-0.2, -0.15) is 0 Å². The van der Waals surface area contributed by atoms with E-state index >= 15 is 0 Å². The van der Waals surface area contributed by atoms with Crippen molar-refractivity contribution in [3.05, 3.63) is 81.7 Å². The summed E-state index contributed by atoms with van der Waals surface area (Å²) < 4.78 is 10.9. The normalized spacial score (nSPS) is 15.9. The Morgan fingerprint density at radius 3 is 2.79 bits per heavy atom. The van der Waals surface area contributed by atoms with Crippen molar-refractivity contribution in [3.8, 4) is 17.2 Å². The summed E-state index contributed by atoms with van der Waals surface area (Å²) in [7, 11) is 1.39. The Bertz CT molecular complexity index is 1370. The van der Waals surface area contributed by atoms with Gasteiger partial charge in [-0.05, 0) is 55.5 Å². The Kier molecular flexibility index (Phi) is 8.85. The third-order valence-corrected chi connectivity index (χ3v) is 6.94. The van der Waals surface area contributed by atoms with Crippen LogP contribution >= 0.6 is 0 Å². The summed E-state index contributed by atoms with van der Waals surface area (Å²) in [5, 5.41) is 23.3. The Morgan fingerprint density at radius 1 is 1.23 bits per heavy atom. The summed E-state index contributed by atoms with van der Waals surface area (Å²) in [5.41, 5.74) is 0.869. The molecule has 2 amide bonds. The highest BCUT2D eigenvalue weighted by atomic mass is 16.5. The fourth-order valence-corrected chi connectivity index (χ4v) is 4.99. The number of hydrogen-bond donors (Lipinski definition) is 3. The molecule has 0 unspecified atom stereocenters. The van der Waals surface area contributed by atoms with E-state index < -0.39 is 23.0 Å². The number of pyridine rings is 1. The van der Waals surface area contributed by atoms with Crippen molar-refractivity contribution in [1.82, 2.24) is 15.2 Å². The molecule has 1 aliphatic heterocycles. The fourth-order valence-electron chi connectivity index (χ4n) is 4.99. The lowest BCUT2D eigenvalue weighted by molar-refractivity contribution is -0.135. The number of rotatable bonds is 9. The van der Waals surface area contributed by atoms with Gasteiger partial charge in [0.25, 0.3) is 0 Å². The van der Waals surface area contributed by atoms with Crippen molar-refractivity contribution in [2.45, 2.75) is 51.0 Å². The van der Waals surface area contributed by atoms with Crippen LogP contribution in [0.4, 0.5) is 0 Å².